The highest BCUT2D eigenvalue weighted by atomic mass is 32.2. The van der Waals surface area contributed by atoms with Crippen molar-refractivity contribution in [1.82, 2.24) is 4.31 Å². The van der Waals surface area contributed by atoms with Crippen LogP contribution in [0.5, 0.6) is 0 Å². The summed E-state index contributed by atoms with van der Waals surface area (Å²) in [5.41, 5.74) is 0. The predicted molar refractivity (Wildman–Crippen MR) is 38.8 cm³/mol. The fraction of sp³-hybridized carbons (Fsp3) is 1.00. The first kappa shape index (κ1) is 10.7. The zero-order valence-electron chi connectivity index (χ0n) is 6.58. The summed E-state index contributed by atoms with van der Waals surface area (Å²) in [7, 11) is -3.96. The Hall–Kier alpha value is -0.340. The molecule has 0 aromatic heterocycles. The molecule has 0 spiro atoms. The Balaban J connectivity index is 2.66. The molecule has 1 saturated heterocycles. The Morgan fingerprint density at radius 1 is 1.38 bits per heavy atom. The van der Waals surface area contributed by atoms with Crippen molar-refractivity contribution in [3.8, 4) is 0 Å². The van der Waals surface area contributed by atoms with Crippen molar-refractivity contribution in [2.45, 2.75) is 12.6 Å². The highest BCUT2D eigenvalue weighted by Gasteiger charge is 2.45. The van der Waals surface area contributed by atoms with Gasteiger partial charge in [-0.2, -0.15) is 25.9 Å². The van der Waals surface area contributed by atoms with Crippen molar-refractivity contribution in [3.05, 3.63) is 0 Å². The molecular weight excluding hydrogens is 209 g/mol. The van der Waals surface area contributed by atoms with E-state index in [1.165, 1.54) is 0 Å². The molecule has 1 atom stereocenters. The van der Waals surface area contributed by atoms with E-state index in [1.54, 1.807) is 0 Å². The maximum Gasteiger partial charge on any atom is 0.393 e. The van der Waals surface area contributed by atoms with Crippen LogP contribution in [-0.4, -0.2) is 32.0 Å². The standard InChI is InChI=1S/C5H9F3N2O2S/c6-5(7,8)4-1-2-10(3-4)13(9,11)12/h4H,1-3H2,(H2,9,11,12). The number of alkyl halides is 3. The van der Waals surface area contributed by atoms with Gasteiger partial charge in [-0.3, -0.25) is 0 Å². The Bertz CT molecular complexity index is 287. The zero-order chi connectivity index (χ0) is 10.3. The SMILES string of the molecule is NS(=O)(=O)N1CCC(C(F)(F)F)C1. The summed E-state index contributed by atoms with van der Waals surface area (Å²) in [6.45, 7) is -0.703. The Morgan fingerprint density at radius 2 is 1.92 bits per heavy atom. The normalized spacial score (nSPS) is 26.6. The Kier molecular flexibility index (Phi) is 2.56. The monoisotopic (exact) mass is 218 g/mol. The van der Waals surface area contributed by atoms with E-state index in [1.807, 2.05) is 0 Å². The van der Waals surface area contributed by atoms with Crippen molar-refractivity contribution in [1.29, 1.82) is 0 Å². The molecule has 4 nitrogen and oxygen atoms in total. The quantitative estimate of drug-likeness (QED) is 0.677. The molecule has 1 rings (SSSR count). The van der Waals surface area contributed by atoms with Gasteiger partial charge >= 0.3 is 6.18 Å². The van der Waals surface area contributed by atoms with Crippen LogP contribution in [-0.2, 0) is 10.2 Å². The van der Waals surface area contributed by atoms with Crippen LogP contribution in [0.25, 0.3) is 0 Å². The molecule has 0 bridgehead atoms. The second-order valence-electron chi connectivity index (χ2n) is 2.93. The smallest absolute Gasteiger partial charge is 0.216 e. The molecule has 0 aliphatic carbocycles. The molecule has 1 unspecified atom stereocenters. The van der Waals surface area contributed by atoms with E-state index >= 15 is 0 Å². The second-order valence-corrected chi connectivity index (χ2v) is 4.48. The van der Waals surface area contributed by atoms with E-state index in [0.29, 0.717) is 4.31 Å². The summed E-state index contributed by atoms with van der Waals surface area (Å²) < 4.78 is 58.1. The minimum Gasteiger partial charge on any atom is -0.216 e. The summed E-state index contributed by atoms with van der Waals surface area (Å²) in [5, 5.41) is 4.68. The van der Waals surface area contributed by atoms with Crippen LogP contribution < -0.4 is 5.14 Å². The molecule has 0 aromatic carbocycles. The third-order valence-corrected chi connectivity index (χ3v) is 3.03. The molecule has 2 N–H and O–H groups in total. The Labute approximate surface area is 73.7 Å². The van der Waals surface area contributed by atoms with Crippen LogP contribution in [0.2, 0.25) is 0 Å². The summed E-state index contributed by atoms with van der Waals surface area (Å²) in [6, 6.07) is 0. The van der Waals surface area contributed by atoms with Crippen LogP contribution in [0.3, 0.4) is 0 Å². The van der Waals surface area contributed by atoms with Gasteiger partial charge in [0.05, 0.1) is 5.92 Å². The van der Waals surface area contributed by atoms with Gasteiger partial charge in [0.2, 0.25) is 0 Å². The van der Waals surface area contributed by atoms with Gasteiger partial charge in [-0.05, 0) is 6.42 Å². The molecule has 1 aliphatic heterocycles. The molecule has 8 heteroatoms. The van der Waals surface area contributed by atoms with Crippen LogP contribution in [0.1, 0.15) is 6.42 Å². The number of nitrogens with two attached hydrogens (primary N) is 1. The largest absolute Gasteiger partial charge is 0.393 e. The highest BCUT2D eigenvalue weighted by molar-refractivity contribution is 7.86. The van der Waals surface area contributed by atoms with Gasteiger partial charge in [-0.25, -0.2) is 5.14 Å². The number of halogens is 3. The van der Waals surface area contributed by atoms with Gasteiger partial charge in [0, 0.05) is 13.1 Å². The molecule has 1 heterocycles. The van der Waals surface area contributed by atoms with Gasteiger partial charge in [0.25, 0.3) is 10.2 Å². The fourth-order valence-electron chi connectivity index (χ4n) is 1.23. The van der Waals surface area contributed by atoms with E-state index in [4.69, 9.17) is 0 Å². The summed E-state index contributed by atoms with van der Waals surface area (Å²) >= 11 is 0. The molecule has 0 saturated carbocycles. The lowest BCUT2D eigenvalue weighted by molar-refractivity contribution is -0.169. The molecular formula is C5H9F3N2O2S. The zero-order valence-corrected chi connectivity index (χ0v) is 7.40. The second kappa shape index (κ2) is 3.10. The van der Waals surface area contributed by atoms with Gasteiger partial charge in [-0.15, -0.1) is 0 Å². The number of hydrogen-bond acceptors (Lipinski definition) is 2. The van der Waals surface area contributed by atoms with Crippen molar-refractivity contribution < 1.29 is 21.6 Å². The number of rotatable bonds is 1. The van der Waals surface area contributed by atoms with Gasteiger partial charge in [-0.1, -0.05) is 0 Å². The van der Waals surface area contributed by atoms with E-state index < -0.39 is 28.8 Å². The number of hydrogen-bond donors (Lipinski definition) is 1. The summed E-state index contributed by atoms with van der Waals surface area (Å²) in [6.07, 6.45) is -4.54. The molecule has 0 aromatic rings. The molecule has 0 radical (unpaired) electrons. The first-order chi connectivity index (χ1) is 5.71. The maximum absolute atomic E-state index is 12.1. The predicted octanol–water partition coefficient (Wildman–Crippen LogP) is 0.0741. The minimum atomic E-state index is -4.33. The fourth-order valence-corrected chi connectivity index (χ4v) is 1.97. The van der Waals surface area contributed by atoms with E-state index in [9.17, 15) is 21.6 Å². The third-order valence-electron chi connectivity index (χ3n) is 1.97. The topological polar surface area (TPSA) is 63.4 Å². The third kappa shape index (κ3) is 2.55. The van der Waals surface area contributed by atoms with E-state index in [-0.39, 0.29) is 13.0 Å². The maximum atomic E-state index is 12.1. The minimum absolute atomic E-state index is 0.150. The van der Waals surface area contributed by atoms with Gasteiger partial charge in [0.15, 0.2) is 0 Å². The average molecular weight is 218 g/mol. The molecule has 1 fully saturated rings. The molecule has 13 heavy (non-hydrogen) atoms. The first-order valence-corrected chi connectivity index (χ1v) is 5.06. The van der Waals surface area contributed by atoms with Gasteiger partial charge in [0.1, 0.15) is 0 Å². The van der Waals surface area contributed by atoms with Crippen LogP contribution >= 0.6 is 0 Å². The summed E-state index contributed by atoms with van der Waals surface area (Å²) in [4.78, 5) is 0. The van der Waals surface area contributed by atoms with E-state index in [0.717, 1.165) is 0 Å². The molecule has 1 aliphatic rings. The van der Waals surface area contributed by atoms with E-state index in [2.05, 4.69) is 5.14 Å². The summed E-state index contributed by atoms with van der Waals surface area (Å²) in [5.74, 6) is -1.58. The van der Waals surface area contributed by atoms with Crippen molar-refractivity contribution in [2.75, 3.05) is 13.1 Å². The molecule has 0 amide bonds. The van der Waals surface area contributed by atoms with Crippen LogP contribution in [0.4, 0.5) is 13.2 Å². The average Bonchev–Trinajstić information content (AvgIpc) is 2.28. The van der Waals surface area contributed by atoms with Crippen molar-refractivity contribution in [2.24, 2.45) is 11.1 Å². The van der Waals surface area contributed by atoms with Crippen molar-refractivity contribution in [3.63, 3.8) is 0 Å². The van der Waals surface area contributed by atoms with Gasteiger partial charge < -0.3 is 0 Å². The first-order valence-electron chi connectivity index (χ1n) is 3.56. The van der Waals surface area contributed by atoms with Crippen LogP contribution in [0.15, 0.2) is 0 Å². The van der Waals surface area contributed by atoms with Crippen molar-refractivity contribution >= 4 is 10.2 Å². The highest BCUT2D eigenvalue weighted by Crippen LogP contribution is 2.33. The lowest BCUT2D eigenvalue weighted by atomic mass is 10.1. The Morgan fingerprint density at radius 3 is 2.15 bits per heavy atom. The number of nitrogens with zero attached hydrogens (tertiary/aromatic N) is 1. The van der Waals surface area contributed by atoms with Crippen LogP contribution in [0, 0.1) is 5.92 Å². The lowest BCUT2D eigenvalue weighted by Gasteiger charge is -2.15. The lowest BCUT2D eigenvalue weighted by Crippen LogP contribution is -2.36. The molecule has 78 valence electrons.